The van der Waals surface area contributed by atoms with Crippen LogP contribution in [0.2, 0.25) is 0 Å². The highest BCUT2D eigenvalue weighted by Gasteiger charge is 2.19. The van der Waals surface area contributed by atoms with E-state index >= 15 is 0 Å². The van der Waals surface area contributed by atoms with Crippen molar-refractivity contribution in [3.8, 4) is 0 Å². The summed E-state index contributed by atoms with van der Waals surface area (Å²) in [4.78, 5) is 25.5. The van der Waals surface area contributed by atoms with Crippen molar-refractivity contribution in [1.82, 2.24) is 24.5 Å². The van der Waals surface area contributed by atoms with Crippen molar-refractivity contribution < 1.29 is 4.79 Å². The van der Waals surface area contributed by atoms with Crippen molar-refractivity contribution in [3.63, 3.8) is 0 Å². The van der Waals surface area contributed by atoms with E-state index in [0.29, 0.717) is 6.42 Å². The standard InChI is InChI=1S/C19H23N5O2/c1-2-16-21-22-18-19(26)23(14-10-6-7-11-15(14)24(16)18)12-17(25)20-13-8-4-3-5-9-13/h6-7,10-11,13H,2-5,8-9,12H2,1H3,(H,20,25). The van der Waals surface area contributed by atoms with Crippen molar-refractivity contribution in [2.75, 3.05) is 0 Å². The molecule has 1 saturated carbocycles. The number of nitrogens with one attached hydrogen (secondary N) is 1. The first-order chi connectivity index (χ1) is 12.7. The molecule has 1 amide bonds. The van der Waals surface area contributed by atoms with Gasteiger partial charge in [-0.15, -0.1) is 10.2 Å². The van der Waals surface area contributed by atoms with Gasteiger partial charge in [0.25, 0.3) is 5.56 Å². The predicted octanol–water partition coefficient (Wildman–Crippen LogP) is 2.06. The van der Waals surface area contributed by atoms with Crippen molar-refractivity contribution in [2.45, 2.75) is 58.0 Å². The summed E-state index contributed by atoms with van der Waals surface area (Å²) in [6, 6.07) is 7.81. The van der Waals surface area contributed by atoms with Crippen LogP contribution in [0.1, 0.15) is 44.9 Å². The van der Waals surface area contributed by atoms with Gasteiger partial charge in [0, 0.05) is 12.5 Å². The number of nitrogens with zero attached hydrogens (tertiary/aromatic N) is 4. The minimum absolute atomic E-state index is 0.000660. The minimum Gasteiger partial charge on any atom is -0.352 e. The molecule has 0 radical (unpaired) electrons. The number of amides is 1. The minimum atomic E-state index is -0.283. The Morgan fingerprint density at radius 1 is 1.15 bits per heavy atom. The molecule has 0 unspecified atom stereocenters. The summed E-state index contributed by atoms with van der Waals surface area (Å²) in [5, 5.41) is 11.3. The van der Waals surface area contributed by atoms with Gasteiger partial charge in [0.05, 0.1) is 11.0 Å². The SMILES string of the molecule is CCc1nnc2c(=O)n(CC(=O)NC3CCCCC3)c3ccccc3n12. The van der Waals surface area contributed by atoms with Crippen LogP contribution in [0.15, 0.2) is 29.1 Å². The summed E-state index contributed by atoms with van der Waals surface area (Å²) in [5.74, 6) is 0.621. The third-order valence-electron chi connectivity index (χ3n) is 5.17. The molecule has 7 heteroatoms. The van der Waals surface area contributed by atoms with Gasteiger partial charge in [0.15, 0.2) is 0 Å². The first-order valence-electron chi connectivity index (χ1n) is 9.34. The molecule has 1 aliphatic carbocycles. The summed E-state index contributed by atoms with van der Waals surface area (Å²) in [6.45, 7) is 1.98. The van der Waals surface area contributed by atoms with Crippen LogP contribution in [-0.4, -0.2) is 31.1 Å². The fraction of sp³-hybridized carbons (Fsp3) is 0.474. The molecule has 2 aromatic heterocycles. The first-order valence-corrected chi connectivity index (χ1v) is 9.34. The summed E-state index contributed by atoms with van der Waals surface area (Å²) in [7, 11) is 0. The number of fused-ring (bicyclic) bond motifs is 3. The average Bonchev–Trinajstić information content (AvgIpc) is 3.10. The highest BCUT2D eigenvalue weighted by Crippen LogP contribution is 2.18. The van der Waals surface area contributed by atoms with Crippen LogP contribution in [0.4, 0.5) is 0 Å². The number of carbonyl (C=O) groups excluding carboxylic acids is 1. The predicted molar refractivity (Wildman–Crippen MR) is 99.1 cm³/mol. The number of hydrogen-bond donors (Lipinski definition) is 1. The Hall–Kier alpha value is -2.70. The van der Waals surface area contributed by atoms with E-state index in [2.05, 4.69) is 15.5 Å². The number of hydrogen-bond acceptors (Lipinski definition) is 4. The van der Waals surface area contributed by atoms with Crippen molar-refractivity contribution in [3.05, 3.63) is 40.4 Å². The van der Waals surface area contributed by atoms with Crippen molar-refractivity contribution in [1.29, 1.82) is 0 Å². The smallest absolute Gasteiger partial charge is 0.297 e. The largest absolute Gasteiger partial charge is 0.352 e. The second-order valence-corrected chi connectivity index (χ2v) is 6.91. The van der Waals surface area contributed by atoms with Gasteiger partial charge in [0.2, 0.25) is 11.6 Å². The van der Waals surface area contributed by atoms with E-state index in [1.807, 2.05) is 31.2 Å². The van der Waals surface area contributed by atoms with Gasteiger partial charge in [-0.1, -0.05) is 38.3 Å². The summed E-state index contributed by atoms with van der Waals surface area (Å²) < 4.78 is 3.31. The topological polar surface area (TPSA) is 81.3 Å². The molecule has 0 aliphatic heterocycles. The van der Waals surface area contributed by atoms with Crippen molar-refractivity contribution in [2.24, 2.45) is 0 Å². The number of aryl methyl sites for hydroxylation is 1. The van der Waals surface area contributed by atoms with E-state index in [1.54, 1.807) is 4.40 Å². The van der Waals surface area contributed by atoms with E-state index in [1.165, 1.54) is 11.0 Å². The van der Waals surface area contributed by atoms with Crippen LogP contribution in [-0.2, 0) is 17.8 Å². The lowest BCUT2D eigenvalue weighted by Gasteiger charge is -2.23. The number of benzene rings is 1. The zero-order chi connectivity index (χ0) is 18.1. The molecule has 7 nitrogen and oxygen atoms in total. The molecule has 26 heavy (non-hydrogen) atoms. The maximum Gasteiger partial charge on any atom is 0.297 e. The van der Waals surface area contributed by atoms with E-state index in [9.17, 15) is 9.59 Å². The van der Waals surface area contributed by atoms with Gasteiger partial charge >= 0.3 is 0 Å². The number of carbonyl (C=O) groups is 1. The zero-order valence-electron chi connectivity index (χ0n) is 14.9. The van der Waals surface area contributed by atoms with Crippen LogP contribution in [0.5, 0.6) is 0 Å². The molecule has 1 N–H and O–H groups in total. The lowest BCUT2D eigenvalue weighted by atomic mass is 9.95. The Bertz CT molecular complexity index is 1010. The van der Waals surface area contributed by atoms with Gasteiger partial charge in [-0.2, -0.15) is 0 Å². The Balaban J connectivity index is 1.75. The Kier molecular flexibility index (Phi) is 4.44. The molecule has 0 atom stereocenters. The molecular formula is C19H23N5O2. The third kappa shape index (κ3) is 2.87. The molecule has 3 aromatic rings. The fourth-order valence-corrected chi connectivity index (χ4v) is 3.87. The molecule has 1 aromatic carbocycles. The Labute approximate surface area is 151 Å². The van der Waals surface area contributed by atoms with Gasteiger partial charge < -0.3 is 5.32 Å². The van der Waals surface area contributed by atoms with E-state index in [4.69, 9.17) is 0 Å². The summed E-state index contributed by atoms with van der Waals surface area (Å²) >= 11 is 0. The van der Waals surface area contributed by atoms with Crippen LogP contribution in [0, 0.1) is 0 Å². The average molecular weight is 353 g/mol. The highest BCUT2D eigenvalue weighted by atomic mass is 16.2. The molecule has 0 spiro atoms. The lowest BCUT2D eigenvalue weighted by Crippen LogP contribution is -2.40. The normalized spacial score (nSPS) is 15.6. The maximum absolute atomic E-state index is 13.0. The van der Waals surface area contributed by atoms with Crippen LogP contribution >= 0.6 is 0 Å². The van der Waals surface area contributed by atoms with Gasteiger partial charge in [-0.3, -0.25) is 18.6 Å². The monoisotopic (exact) mass is 353 g/mol. The zero-order valence-corrected chi connectivity index (χ0v) is 14.9. The summed E-state index contributed by atoms with van der Waals surface area (Å²) in [6.07, 6.45) is 6.25. The van der Waals surface area contributed by atoms with Gasteiger partial charge in [-0.05, 0) is 25.0 Å². The molecule has 136 valence electrons. The van der Waals surface area contributed by atoms with E-state index < -0.39 is 0 Å². The highest BCUT2D eigenvalue weighted by molar-refractivity contribution is 5.82. The fourth-order valence-electron chi connectivity index (χ4n) is 3.87. The third-order valence-corrected chi connectivity index (χ3v) is 5.17. The quantitative estimate of drug-likeness (QED) is 0.778. The second-order valence-electron chi connectivity index (χ2n) is 6.91. The Morgan fingerprint density at radius 3 is 2.62 bits per heavy atom. The first kappa shape index (κ1) is 16.8. The summed E-state index contributed by atoms with van der Waals surface area (Å²) in [5.41, 5.74) is 1.55. The Morgan fingerprint density at radius 2 is 1.88 bits per heavy atom. The molecule has 1 fully saturated rings. The van der Waals surface area contributed by atoms with Gasteiger partial charge in [-0.25, -0.2) is 0 Å². The molecule has 0 saturated heterocycles. The van der Waals surface area contributed by atoms with Gasteiger partial charge in [0.1, 0.15) is 12.4 Å². The lowest BCUT2D eigenvalue weighted by molar-refractivity contribution is -0.122. The van der Waals surface area contributed by atoms with E-state index in [-0.39, 0.29) is 29.7 Å². The molecule has 0 bridgehead atoms. The molecule has 4 rings (SSSR count). The van der Waals surface area contributed by atoms with Crippen LogP contribution in [0.25, 0.3) is 16.7 Å². The second kappa shape index (κ2) is 6.90. The maximum atomic E-state index is 13.0. The van der Waals surface area contributed by atoms with Crippen molar-refractivity contribution >= 4 is 22.6 Å². The number of aromatic nitrogens is 4. The molecule has 1 aliphatic rings. The molecule has 2 heterocycles. The molecular weight excluding hydrogens is 330 g/mol. The number of rotatable bonds is 4. The van der Waals surface area contributed by atoms with E-state index in [0.717, 1.165) is 42.5 Å². The number of para-hydroxylation sites is 2. The van der Waals surface area contributed by atoms with Crippen LogP contribution < -0.4 is 10.9 Å². The van der Waals surface area contributed by atoms with Crippen LogP contribution in [0.3, 0.4) is 0 Å².